The van der Waals surface area contributed by atoms with Gasteiger partial charge < -0.3 is 4.74 Å². The third kappa shape index (κ3) is 5.45. The van der Waals surface area contributed by atoms with Crippen molar-refractivity contribution >= 4 is 5.97 Å². The molecule has 0 aromatic rings. The van der Waals surface area contributed by atoms with Crippen molar-refractivity contribution in [2.75, 3.05) is 6.61 Å². The molecule has 0 aliphatic rings. The van der Waals surface area contributed by atoms with E-state index < -0.39 is 0 Å². The standard InChI is InChI=1S/C11H20O2/c1-4-7-9-10(8-5-2)11(12)13-6-3/h8H,4-7,9H2,1-3H3/b10-8-. The second-order valence-corrected chi connectivity index (χ2v) is 2.96. The van der Waals surface area contributed by atoms with Crippen LogP contribution in [0.25, 0.3) is 0 Å². The summed E-state index contributed by atoms with van der Waals surface area (Å²) in [5, 5.41) is 0. The molecule has 0 amide bonds. The van der Waals surface area contributed by atoms with Crippen LogP contribution < -0.4 is 0 Å². The quantitative estimate of drug-likeness (QED) is 0.468. The second-order valence-electron chi connectivity index (χ2n) is 2.96. The molecule has 0 bridgehead atoms. The lowest BCUT2D eigenvalue weighted by atomic mass is 10.1. The Morgan fingerprint density at radius 2 is 2.00 bits per heavy atom. The van der Waals surface area contributed by atoms with Crippen molar-refractivity contribution in [1.82, 2.24) is 0 Å². The number of carbonyl (C=O) groups excluding carboxylic acids is 1. The minimum absolute atomic E-state index is 0.141. The Kier molecular flexibility index (Phi) is 7.36. The zero-order valence-electron chi connectivity index (χ0n) is 8.93. The highest BCUT2D eigenvalue weighted by molar-refractivity contribution is 5.88. The van der Waals surface area contributed by atoms with E-state index in [0.717, 1.165) is 31.3 Å². The smallest absolute Gasteiger partial charge is 0.333 e. The third-order valence-electron chi connectivity index (χ3n) is 1.79. The van der Waals surface area contributed by atoms with E-state index in [1.807, 2.05) is 19.9 Å². The molecule has 0 N–H and O–H groups in total. The third-order valence-corrected chi connectivity index (χ3v) is 1.79. The zero-order chi connectivity index (χ0) is 10.1. The molecule has 0 aliphatic carbocycles. The van der Waals surface area contributed by atoms with Crippen molar-refractivity contribution in [3.63, 3.8) is 0 Å². The minimum Gasteiger partial charge on any atom is -0.463 e. The van der Waals surface area contributed by atoms with Crippen molar-refractivity contribution in [2.45, 2.75) is 46.5 Å². The van der Waals surface area contributed by atoms with Gasteiger partial charge in [-0.15, -0.1) is 0 Å². The molecule has 76 valence electrons. The fraction of sp³-hybridized carbons (Fsp3) is 0.727. The summed E-state index contributed by atoms with van der Waals surface area (Å²) in [6.07, 6.45) is 5.89. The number of ether oxygens (including phenoxy) is 1. The van der Waals surface area contributed by atoms with Gasteiger partial charge >= 0.3 is 5.97 Å². The van der Waals surface area contributed by atoms with Crippen LogP contribution in [0.1, 0.15) is 46.5 Å². The van der Waals surface area contributed by atoms with Crippen LogP contribution in [-0.2, 0) is 9.53 Å². The van der Waals surface area contributed by atoms with Crippen LogP contribution in [0.15, 0.2) is 11.6 Å². The van der Waals surface area contributed by atoms with Gasteiger partial charge in [0.2, 0.25) is 0 Å². The summed E-state index contributed by atoms with van der Waals surface area (Å²) in [6.45, 7) is 6.45. The van der Waals surface area contributed by atoms with Gasteiger partial charge in [-0.3, -0.25) is 0 Å². The van der Waals surface area contributed by atoms with Crippen LogP contribution in [0.4, 0.5) is 0 Å². The highest BCUT2D eigenvalue weighted by Gasteiger charge is 2.08. The lowest BCUT2D eigenvalue weighted by molar-refractivity contribution is -0.138. The predicted octanol–water partition coefficient (Wildman–Crippen LogP) is 3.08. The molecular formula is C11H20O2. The summed E-state index contributed by atoms with van der Waals surface area (Å²) in [5.74, 6) is -0.141. The Hall–Kier alpha value is -0.790. The summed E-state index contributed by atoms with van der Waals surface area (Å²) >= 11 is 0. The van der Waals surface area contributed by atoms with Crippen molar-refractivity contribution in [3.8, 4) is 0 Å². The van der Waals surface area contributed by atoms with Crippen LogP contribution in [0, 0.1) is 0 Å². The molecule has 0 aliphatic heterocycles. The first-order valence-corrected chi connectivity index (χ1v) is 5.12. The zero-order valence-corrected chi connectivity index (χ0v) is 8.93. The maximum absolute atomic E-state index is 11.3. The first-order chi connectivity index (χ1) is 6.26. The maximum atomic E-state index is 11.3. The summed E-state index contributed by atoms with van der Waals surface area (Å²) in [6, 6.07) is 0. The lowest BCUT2D eigenvalue weighted by Gasteiger charge is -2.05. The van der Waals surface area contributed by atoms with E-state index in [0.29, 0.717) is 6.61 Å². The molecule has 0 atom stereocenters. The van der Waals surface area contributed by atoms with Gasteiger partial charge in [0, 0.05) is 5.57 Å². The number of hydrogen-bond acceptors (Lipinski definition) is 2. The van der Waals surface area contributed by atoms with Gasteiger partial charge in [0.05, 0.1) is 6.61 Å². The first-order valence-electron chi connectivity index (χ1n) is 5.12. The molecule has 2 heteroatoms. The monoisotopic (exact) mass is 184 g/mol. The topological polar surface area (TPSA) is 26.3 Å². The Labute approximate surface area is 81.0 Å². The maximum Gasteiger partial charge on any atom is 0.333 e. The number of esters is 1. The van der Waals surface area contributed by atoms with Crippen LogP contribution in [0.5, 0.6) is 0 Å². The molecule has 0 radical (unpaired) electrons. The molecule has 0 heterocycles. The average molecular weight is 184 g/mol. The van der Waals surface area contributed by atoms with Gasteiger partial charge in [-0.25, -0.2) is 4.79 Å². The Morgan fingerprint density at radius 1 is 1.31 bits per heavy atom. The molecule has 0 unspecified atom stereocenters. The second kappa shape index (κ2) is 7.84. The predicted molar refractivity (Wildman–Crippen MR) is 54.5 cm³/mol. The van der Waals surface area contributed by atoms with E-state index in [1.165, 1.54) is 0 Å². The molecule has 0 saturated carbocycles. The van der Waals surface area contributed by atoms with Crippen molar-refractivity contribution < 1.29 is 9.53 Å². The van der Waals surface area contributed by atoms with E-state index in [4.69, 9.17) is 4.74 Å². The molecule has 0 aromatic carbocycles. The average Bonchev–Trinajstić information content (AvgIpc) is 2.12. The number of unbranched alkanes of at least 4 members (excludes halogenated alkanes) is 1. The Balaban J connectivity index is 4.08. The molecule has 0 rings (SSSR count). The summed E-state index contributed by atoms with van der Waals surface area (Å²) in [5.41, 5.74) is 0.839. The number of carbonyl (C=O) groups is 1. The van der Waals surface area contributed by atoms with Crippen LogP contribution in [0.2, 0.25) is 0 Å². The highest BCUT2D eigenvalue weighted by Crippen LogP contribution is 2.10. The fourth-order valence-electron chi connectivity index (χ4n) is 1.12. The van der Waals surface area contributed by atoms with Crippen LogP contribution >= 0.6 is 0 Å². The van der Waals surface area contributed by atoms with E-state index in [-0.39, 0.29) is 5.97 Å². The number of hydrogen-bond donors (Lipinski definition) is 0. The molecule has 2 nitrogen and oxygen atoms in total. The molecule has 0 fully saturated rings. The SMILES string of the molecule is CC/C=C(/CCCC)C(=O)OCC. The largest absolute Gasteiger partial charge is 0.463 e. The molecular weight excluding hydrogens is 164 g/mol. The molecule has 0 aromatic heterocycles. The molecule has 13 heavy (non-hydrogen) atoms. The first kappa shape index (κ1) is 12.2. The van der Waals surface area contributed by atoms with Crippen LogP contribution in [-0.4, -0.2) is 12.6 Å². The minimum atomic E-state index is -0.141. The normalized spacial score (nSPS) is 11.5. The van der Waals surface area contributed by atoms with Crippen molar-refractivity contribution in [3.05, 3.63) is 11.6 Å². The van der Waals surface area contributed by atoms with Crippen molar-refractivity contribution in [2.24, 2.45) is 0 Å². The van der Waals surface area contributed by atoms with Crippen LogP contribution in [0.3, 0.4) is 0 Å². The van der Waals surface area contributed by atoms with Gasteiger partial charge in [-0.05, 0) is 26.2 Å². The van der Waals surface area contributed by atoms with Gasteiger partial charge in [0.1, 0.15) is 0 Å². The summed E-state index contributed by atoms with van der Waals surface area (Å²) in [7, 11) is 0. The van der Waals surface area contributed by atoms with E-state index in [1.54, 1.807) is 0 Å². The summed E-state index contributed by atoms with van der Waals surface area (Å²) < 4.78 is 4.95. The number of rotatable bonds is 6. The number of allylic oxidation sites excluding steroid dienone is 1. The Morgan fingerprint density at radius 3 is 2.46 bits per heavy atom. The molecule has 0 saturated heterocycles. The van der Waals surface area contributed by atoms with Crippen molar-refractivity contribution in [1.29, 1.82) is 0 Å². The van der Waals surface area contributed by atoms with E-state index >= 15 is 0 Å². The van der Waals surface area contributed by atoms with E-state index in [2.05, 4.69) is 6.92 Å². The van der Waals surface area contributed by atoms with Gasteiger partial charge in [-0.1, -0.05) is 26.3 Å². The van der Waals surface area contributed by atoms with E-state index in [9.17, 15) is 4.79 Å². The Bertz CT molecular complexity index is 171. The fourth-order valence-corrected chi connectivity index (χ4v) is 1.12. The summed E-state index contributed by atoms with van der Waals surface area (Å²) in [4.78, 5) is 11.3. The lowest BCUT2D eigenvalue weighted by Crippen LogP contribution is -2.07. The van der Waals surface area contributed by atoms with Gasteiger partial charge in [0.15, 0.2) is 0 Å². The highest BCUT2D eigenvalue weighted by atomic mass is 16.5. The van der Waals surface area contributed by atoms with Gasteiger partial charge in [0.25, 0.3) is 0 Å². The molecule has 0 spiro atoms. The van der Waals surface area contributed by atoms with Gasteiger partial charge in [-0.2, -0.15) is 0 Å².